The van der Waals surface area contributed by atoms with Crippen molar-refractivity contribution in [2.45, 2.75) is 20.1 Å². The molecule has 1 N–H and O–H groups in total. The molecule has 0 saturated carbocycles. The maximum absolute atomic E-state index is 11.7. The minimum Gasteiger partial charge on any atom is -0.489 e. The second-order valence-corrected chi connectivity index (χ2v) is 5.89. The summed E-state index contributed by atoms with van der Waals surface area (Å²) < 4.78 is 10.9. The molecule has 5 nitrogen and oxygen atoms in total. The number of pyridine rings is 1. The second kappa shape index (κ2) is 9.38. The van der Waals surface area contributed by atoms with E-state index >= 15 is 0 Å². The summed E-state index contributed by atoms with van der Waals surface area (Å²) in [6.45, 7) is 3.21. The minimum atomic E-state index is -0.365. The largest absolute Gasteiger partial charge is 0.489 e. The summed E-state index contributed by atoms with van der Waals surface area (Å²) in [7, 11) is 0. The van der Waals surface area contributed by atoms with Crippen molar-refractivity contribution in [1.29, 1.82) is 0 Å². The summed E-state index contributed by atoms with van der Waals surface area (Å²) in [5, 5.41) is 3.25. The van der Waals surface area contributed by atoms with Crippen LogP contribution >= 0.6 is 0 Å². The van der Waals surface area contributed by atoms with Gasteiger partial charge >= 0.3 is 5.97 Å². The minimum absolute atomic E-state index is 0.346. The van der Waals surface area contributed by atoms with E-state index in [-0.39, 0.29) is 5.97 Å². The number of benzene rings is 2. The van der Waals surface area contributed by atoms with Gasteiger partial charge in [0.15, 0.2) is 0 Å². The van der Waals surface area contributed by atoms with E-state index < -0.39 is 0 Å². The quantitative estimate of drug-likeness (QED) is 0.600. The van der Waals surface area contributed by atoms with E-state index in [1.165, 1.54) is 6.20 Å². The molecule has 0 aliphatic carbocycles. The number of nitrogens with zero attached hydrogens (tertiary/aromatic N) is 1. The third-order valence-corrected chi connectivity index (χ3v) is 3.94. The number of hydrogen-bond acceptors (Lipinski definition) is 5. The van der Waals surface area contributed by atoms with Gasteiger partial charge in [0.05, 0.1) is 12.2 Å². The van der Waals surface area contributed by atoms with Crippen molar-refractivity contribution in [3.63, 3.8) is 0 Å². The van der Waals surface area contributed by atoms with E-state index in [0.717, 1.165) is 16.9 Å². The van der Waals surface area contributed by atoms with E-state index in [4.69, 9.17) is 9.47 Å². The van der Waals surface area contributed by atoms with E-state index in [1.807, 2.05) is 54.6 Å². The lowest BCUT2D eigenvalue weighted by Gasteiger charge is -2.13. The first-order valence-electron chi connectivity index (χ1n) is 8.88. The summed E-state index contributed by atoms with van der Waals surface area (Å²) >= 11 is 0. The van der Waals surface area contributed by atoms with Gasteiger partial charge in [0, 0.05) is 18.3 Å². The first kappa shape index (κ1) is 18.5. The molecular formula is C22H22N2O3. The lowest BCUT2D eigenvalue weighted by Crippen LogP contribution is -2.07. The van der Waals surface area contributed by atoms with Crippen LogP contribution in [0.2, 0.25) is 0 Å². The number of para-hydroxylation sites is 1. The Morgan fingerprint density at radius 3 is 2.52 bits per heavy atom. The summed E-state index contributed by atoms with van der Waals surface area (Å²) in [5.41, 5.74) is 2.59. The first-order chi connectivity index (χ1) is 13.3. The number of esters is 1. The highest BCUT2D eigenvalue weighted by atomic mass is 16.5. The number of anilines is 1. The molecule has 0 unspecified atom stereocenters. The summed E-state index contributed by atoms with van der Waals surface area (Å²) in [6.07, 6.45) is 1.51. The van der Waals surface area contributed by atoms with Gasteiger partial charge in [0.1, 0.15) is 18.2 Å². The molecule has 0 fully saturated rings. The van der Waals surface area contributed by atoms with Crippen molar-refractivity contribution in [3.8, 4) is 5.75 Å². The molecule has 3 rings (SSSR count). The highest BCUT2D eigenvalue weighted by Crippen LogP contribution is 2.20. The average Bonchev–Trinajstić information content (AvgIpc) is 2.72. The van der Waals surface area contributed by atoms with Crippen LogP contribution in [0.5, 0.6) is 5.75 Å². The molecule has 138 valence electrons. The molecule has 0 atom stereocenters. The lowest BCUT2D eigenvalue weighted by molar-refractivity contribution is 0.0526. The average molecular weight is 362 g/mol. The fourth-order valence-corrected chi connectivity index (χ4v) is 2.55. The molecule has 0 bridgehead atoms. The molecule has 0 radical (unpaired) electrons. The Bertz CT molecular complexity index is 864. The molecule has 27 heavy (non-hydrogen) atoms. The fourth-order valence-electron chi connectivity index (χ4n) is 2.55. The number of carbonyl (C=O) groups excluding carboxylic acids is 1. The van der Waals surface area contributed by atoms with Crippen LogP contribution in [-0.4, -0.2) is 17.6 Å². The smallest absolute Gasteiger partial charge is 0.339 e. The number of carbonyl (C=O) groups is 1. The van der Waals surface area contributed by atoms with Crippen LogP contribution in [0.1, 0.15) is 28.4 Å². The van der Waals surface area contributed by atoms with Crippen LogP contribution in [0.15, 0.2) is 72.9 Å². The van der Waals surface area contributed by atoms with E-state index in [1.54, 1.807) is 19.1 Å². The lowest BCUT2D eigenvalue weighted by atomic mass is 10.2. The molecule has 0 amide bonds. The highest BCUT2D eigenvalue weighted by Gasteiger charge is 2.07. The van der Waals surface area contributed by atoms with Gasteiger partial charge in [0.2, 0.25) is 0 Å². The van der Waals surface area contributed by atoms with Crippen molar-refractivity contribution in [2.75, 3.05) is 11.9 Å². The monoisotopic (exact) mass is 362 g/mol. The van der Waals surface area contributed by atoms with Gasteiger partial charge < -0.3 is 14.8 Å². The zero-order valence-electron chi connectivity index (χ0n) is 15.2. The zero-order valence-corrected chi connectivity index (χ0v) is 15.2. The van der Waals surface area contributed by atoms with Crippen molar-refractivity contribution >= 4 is 11.8 Å². The topological polar surface area (TPSA) is 60.5 Å². The van der Waals surface area contributed by atoms with Crippen LogP contribution in [0, 0.1) is 0 Å². The molecule has 1 heterocycles. The maximum atomic E-state index is 11.7. The number of rotatable bonds is 8. The third-order valence-electron chi connectivity index (χ3n) is 3.94. The highest BCUT2D eigenvalue weighted by molar-refractivity contribution is 5.89. The fraction of sp³-hybridized carbons (Fsp3) is 0.182. The molecule has 3 aromatic rings. The molecule has 0 saturated heterocycles. The number of hydrogen-bond donors (Lipinski definition) is 1. The summed E-state index contributed by atoms with van der Waals surface area (Å²) in [6, 6.07) is 21.4. The van der Waals surface area contributed by atoms with E-state index in [2.05, 4.69) is 10.3 Å². The number of nitrogens with one attached hydrogen (secondary N) is 1. The Morgan fingerprint density at radius 2 is 1.78 bits per heavy atom. The number of aromatic nitrogens is 1. The molecule has 0 aliphatic rings. The summed E-state index contributed by atoms with van der Waals surface area (Å²) in [4.78, 5) is 15.9. The molecular weight excluding hydrogens is 340 g/mol. The van der Waals surface area contributed by atoms with Crippen molar-refractivity contribution in [1.82, 2.24) is 4.98 Å². The third kappa shape index (κ3) is 5.31. The van der Waals surface area contributed by atoms with Crippen molar-refractivity contribution < 1.29 is 14.3 Å². The van der Waals surface area contributed by atoms with Gasteiger partial charge in [-0.1, -0.05) is 48.5 Å². The second-order valence-electron chi connectivity index (χ2n) is 5.89. The summed E-state index contributed by atoms with van der Waals surface area (Å²) in [5.74, 6) is 1.15. The molecule has 5 heteroatoms. The maximum Gasteiger partial charge on any atom is 0.339 e. The Kier molecular flexibility index (Phi) is 6.41. The van der Waals surface area contributed by atoms with Crippen LogP contribution in [0.25, 0.3) is 0 Å². The first-order valence-corrected chi connectivity index (χ1v) is 8.88. The van der Waals surface area contributed by atoms with Gasteiger partial charge in [-0.2, -0.15) is 0 Å². The SMILES string of the molecule is CCOC(=O)c1ccc(NCc2ccccc2OCc2ccccc2)nc1. The molecule has 1 aromatic heterocycles. The van der Waals surface area contributed by atoms with Gasteiger partial charge in [-0.05, 0) is 30.7 Å². The Labute approximate surface area is 159 Å². The van der Waals surface area contributed by atoms with Crippen LogP contribution in [-0.2, 0) is 17.9 Å². The Morgan fingerprint density at radius 1 is 1.00 bits per heavy atom. The Hall–Kier alpha value is -3.34. The number of ether oxygens (including phenoxy) is 2. The van der Waals surface area contributed by atoms with Crippen LogP contribution < -0.4 is 10.1 Å². The van der Waals surface area contributed by atoms with E-state index in [0.29, 0.717) is 31.1 Å². The van der Waals surface area contributed by atoms with Gasteiger partial charge in [0.25, 0.3) is 0 Å². The van der Waals surface area contributed by atoms with Crippen molar-refractivity contribution in [3.05, 3.63) is 89.6 Å². The molecule has 0 aliphatic heterocycles. The van der Waals surface area contributed by atoms with Crippen LogP contribution in [0.3, 0.4) is 0 Å². The molecule has 0 spiro atoms. The van der Waals surface area contributed by atoms with Crippen molar-refractivity contribution in [2.24, 2.45) is 0 Å². The van der Waals surface area contributed by atoms with Gasteiger partial charge in [-0.3, -0.25) is 0 Å². The van der Waals surface area contributed by atoms with Gasteiger partial charge in [-0.25, -0.2) is 9.78 Å². The standard InChI is InChI=1S/C22H22N2O3/c1-2-26-22(25)19-12-13-21(24-15-19)23-14-18-10-6-7-11-20(18)27-16-17-8-4-3-5-9-17/h3-13,15H,2,14,16H2,1H3,(H,23,24). The Balaban J connectivity index is 1.60. The van der Waals surface area contributed by atoms with E-state index in [9.17, 15) is 4.79 Å². The normalized spacial score (nSPS) is 10.3. The predicted molar refractivity (Wildman–Crippen MR) is 105 cm³/mol. The predicted octanol–water partition coefficient (Wildman–Crippen LogP) is 4.45. The van der Waals surface area contributed by atoms with Gasteiger partial charge in [-0.15, -0.1) is 0 Å². The zero-order chi connectivity index (χ0) is 18.9. The molecule has 2 aromatic carbocycles. The van der Waals surface area contributed by atoms with Crippen LogP contribution in [0.4, 0.5) is 5.82 Å².